The second-order valence-corrected chi connectivity index (χ2v) is 8.81. The molecule has 0 saturated carbocycles. The Morgan fingerprint density at radius 3 is 2.81 bits per heavy atom. The first-order valence-electron chi connectivity index (χ1n) is 8.33. The van der Waals surface area contributed by atoms with Crippen molar-refractivity contribution < 1.29 is 17.9 Å². The zero-order chi connectivity index (χ0) is 18.6. The third-order valence-electron chi connectivity index (χ3n) is 4.15. The molecule has 0 unspecified atom stereocenters. The number of thiazole rings is 1. The average Bonchev–Trinajstić information content (AvgIpc) is 3.16. The van der Waals surface area contributed by atoms with Crippen LogP contribution in [0.1, 0.15) is 20.9 Å². The number of rotatable bonds is 6. The molecule has 140 valence electrons. The monoisotopic (exact) mass is 395 g/mol. The van der Waals surface area contributed by atoms with Crippen LogP contribution in [0.5, 0.6) is 0 Å². The first kappa shape index (κ1) is 19.0. The molecule has 1 aromatic heterocycles. The van der Waals surface area contributed by atoms with E-state index in [0.717, 1.165) is 5.01 Å². The molecule has 0 aliphatic carbocycles. The number of ether oxygens (including phenoxy) is 1. The summed E-state index contributed by atoms with van der Waals surface area (Å²) in [6.45, 7) is 3.60. The molecule has 1 N–H and O–H groups in total. The molecule has 2 aromatic rings. The number of aryl methyl sites for hydroxylation is 1. The molecule has 1 saturated heterocycles. The zero-order valence-corrected chi connectivity index (χ0v) is 16.1. The number of aromatic nitrogens is 1. The molecule has 26 heavy (non-hydrogen) atoms. The van der Waals surface area contributed by atoms with Crippen LogP contribution in [0.3, 0.4) is 0 Å². The van der Waals surface area contributed by atoms with Crippen LogP contribution in [0.2, 0.25) is 0 Å². The van der Waals surface area contributed by atoms with Crippen molar-refractivity contribution in [3.05, 3.63) is 45.9 Å². The highest BCUT2D eigenvalue weighted by atomic mass is 32.2. The van der Waals surface area contributed by atoms with Gasteiger partial charge in [-0.3, -0.25) is 4.79 Å². The molecule has 9 heteroatoms. The lowest BCUT2D eigenvalue weighted by molar-refractivity contribution is 0.0730. The highest BCUT2D eigenvalue weighted by molar-refractivity contribution is 7.89. The van der Waals surface area contributed by atoms with Crippen LogP contribution in [0.4, 0.5) is 0 Å². The molecule has 7 nitrogen and oxygen atoms in total. The highest BCUT2D eigenvalue weighted by Gasteiger charge is 2.28. The molecule has 2 heterocycles. The molecule has 0 atom stereocenters. The van der Waals surface area contributed by atoms with Gasteiger partial charge >= 0.3 is 0 Å². The van der Waals surface area contributed by atoms with Crippen LogP contribution in [-0.2, 0) is 21.2 Å². The number of morpholine rings is 1. The third-order valence-corrected chi connectivity index (χ3v) is 7.03. The summed E-state index contributed by atoms with van der Waals surface area (Å²) in [5.41, 5.74) is 0.956. The van der Waals surface area contributed by atoms with Crippen molar-refractivity contribution in [3.63, 3.8) is 0 Å². The number of amides is 1. The Balaban J connectivity index is 1.73. The number of carbonyl (C=O) groups excluding carboxylic acids is 1. The smallest absolute Gasteiger partial charge is 0.251 e. The van der Waals surface area contributed by atoms with Crippen molar-refractivity contribution in [2.75, 3.05) is 32.8 Å². The van der Waals surface area contributed by atoms with Gasteiger partial charge in [0.2, 0.25) is 10.0 Å². The first-order valence-corrected chi connectivity index (χ1v) is 10.7. The largest absolute Gasteiger partial charge is 0.379 e. The van der Waals surface area contributed by atoms with E-state index in [4.69, 9.17) is 4.74 Å². The van der Waals surface area contributed by atoms with Crippen molar-refractivity contribution in [1.29, 1.82) is 0 Å². The Morgan fingerprint density at radius 2 is 2.12 bits per heavy atom. The molecule has 0 bridgehead atoms. The number of hydrogen-bond donors (Lipinski definition) is 1. The molecule has 1 aliphatic rings. The topological polar surface area (TPSA) is 88.6 Å². The first-order chi connectivity index (χ1) is 12.5. The van der Waals surface area contributed by atoms with E-state index in [9.17, 15) is 13.2 Å². The van der Waals surface area contributed by atoms with Gasteiger partial charge in [0.25, 0.3) is 5.91 Å². The molecule has 1 aromatic carbocycles. The summed E-state index contributed by atoms with van der Waals surface area (Å²) in [4.78, 5) is 16.7. The molecular formula is C17H21N3O4S2. The van der Waals surface area contributed by atoms with Gasteiger partial charge in [0.1, 0.15) is 0 Å². The number of sulfonamides is 1. The lowest BCUT2D eigenvalue weighted by atomic mass is 10.1. The fraction of sp³-hybridized carbons (Fsp3) is 0.412. The lowest BCUT2D eigenvalue weighted by Crippen LogP contribution is -2.41. The summed E-state index contributed by atoms with van der Waals surface area (Å²) in [6.07, 6.45) is 2.37. The van der Waals surface area contributed by atoms with Gasteiger partial charge in [0.15, 0.2) is 0 Å². The predicted octanol–water partition coefficient (Wildman–Crippen LogP) is 1.44. The maximum Gasteiger partial charge on any atom is 0.251 e. The summed E-state index contributed by atoms with van der Waals surface area (Å²) in [5.74, 6) is -0.292. The maximum atomic E-state index is 12.9. The van der Waals surface area contributed by atoms with Crippen molar-refractivity contribution in [2.45, 2.75) is 18.2 Å². The van der Waals surface area contributed by atoms with E-state index >= 15 is 0 Å². The molecule has 1 fully saturated rings. The molecule has 3 rings (SSSR count). The highest BCUT2D eigenvalue weighted by Crippen LogP contribution is 2.22. The molecule has 0 radical (unpaired) electrons. The van der Waals surface area contributed by atoms with E-state index < -0.39 is 10.0 Å². The standard InChI is InChI=1S/C17H21N3O4S2/c1-13-2-3-14(17(21)19-5-4-16-18-6-11-25-16)12-15(13)26(22,23)20-7-9-24-10-8-20/h2-3,6,11-12H,4-5,7-10H2,1H3,(H,19,21). The minimum Gasteiger partial charge on any atom is -0.379 e. The number of carbonyl (C=O) groups is 1. The normalized spacial score (nSPS) is 15.7. The SMILES string of the molecule is Cc1ccc(C(=O)NCCc2nccs2)cc1S(=O)(=O)N1CCOCC1. The second-order valence-electron chi connectivity index (χ2n) is 5.93. The minimum absolute atomic E-state index is 0.173. The number of hydrogen-bond acceptors (Lipinski definition) is 6. The van der Waals surface area contributed by atoms with E-state index in [2.05, 4.69) is 10.3 Å². The molecule has 1 amide bonds. The van der Waals surface area contributed by atoms with Crippen LogP contribution >= 0.6 is 11.3 Å². The zero-order valence-electron chi connectivity index (χ0n) is 14.5. The third kappa shape index (κ3) is 4.29. The van der Waals surface area contributed by atoms with Crippen molar-refractivity contribution in [1.82, 2.24) is 14.6 Å². The van der Waals surface area contributed by atoms with E-state index in [1.54, 1.807) is 25.3 Å². The Bertz CT molecular complexity index is 860. The van der Waals surface area contributed by atoms with Crippen LogP contribution in [0.15, 0.2) is 34.7 Å². The molecular weight excluding hydrogens is 374 g/mol. The summed E-state index contributed by atoms with van der Waals surface area (Å²) in [5, 5.41) is 5.65. The summed E-state index contributed by atoms with van der Waals surface area (Å²) >= 11 is 1.54. The van der Waals surface area contributed by atoms with E-state index in [1.807, 2.05) is 5.38 Å². The fourth-order valence-electron chi connectivity index (χ4n) is 2.71. The average molecular weight is 396 g/mol. The quantitative estimate of drug-likeness (QED) is 0.800. The van der Waals surface area contributed by atoms with Gasteiger partial charge < -0.3 is 10.1 Å². The number of nitrogens with zero attached hydrogens (tertiary/aromatic N) is 2. The Morgan fingerprint density at radius 1 is 1.35 bits per heavy atom. The van der Waals surface area contributed by atoms with E-state index in [0.29, 0.717) is 50.4 Å². The predicted molar refractivity (Wildman–Crippen MR) is 98.9 cm³/mol. The Hall–Kier alpha value is -1.81. The van der Waals surface area contributed by atoms with E-state index in [1.165, 1.54) is 21.7 Å². The van der Waals surface area contributed by atoms with Crippen LogP contribution < -0.4 is 5.32 Å². The minimum atomic E-state index is -3.64. The van der Waals surface area contributed by atoms with Gasteiger partial charge in [-0.15, -0.1) is 11.3 Å². The van der Waals surface area contributed by atoms with Crippen LogP contribution in [-0.4, -0.2) is 56.5 Å². The summed E-state index contributed by atoms with van der Waals surface area (Å²) < 4.78 is 32.4. The van der Waals surface area contributed by atoms with Gasteiger partial charge in [-0.25, -0.2) is 13.4 Å². The van der Waals surface area contributed by atoms with Crippen molar-refractivity contribution in [3.8, 4) is 0 Å². The summed E-state index contributed by atoms with van der Waals surface area (Å²) in [7, 11) is -3.64. The Labute approximate surface area is 157 Å². The maximum absolute atomic E-state index is 12.9. The number of nitrogens with one attached hydrogen (secondary N) is 1. The van der Waals surface area contributed by atoms with Crippen LogP contribution in [0, 0.1) is 6.92 Å². The Kier molecular flexibility index (Phi) is 6.02. The van der Waals surface area contributed by atoms with Gasteiger partial charge in [-0.1, -0.05) is 6.07 Å². The van der Waals surface area contributed by atoms with Gasteiger partial charge in [-0.2, -0.15) is 4.31 Å². The van der Waals surface area contributed by atoms with Gasteiger partial charge in [0.05, 0.1) is 23.1 Å². The summed E-state index contributed by atoms with van der Waals surface area (Å²) in [6, 6.07) is 4.77. The lowest BCUT2D eigenvalue weighted by Gasteiger charge is -2.26. The fourth-order valence-corrected chi connectivity index (χ4v) is 4.99. The van der Waals surface area contributed by atoms with Gasteiger partial charge in [0, 0.05) is 43.2 Å². The number of benzene rings is 1. The van der Waals surface area contributed by atoms with Crippen molar-refractivity contribution in [2.24, 2.45) is 0 Å². The molecule has 1 aliphatic heterocycles. The van der Waals surface area contributed by atoms with E-state index in [-0.39, 0.29) is 10.8 Å². The molecule has 0 spiro atoms. The van der Waals surface area contributed by atoms with Crippen molar-refractivity contribution >= 4 is 27.3 Å². The van der Waals surface area contributed by atoms with Crippen LogP contribution in [0.25, 0.3) is 0 Å². The second kappa shape index (κ2) is 8.26. The van der Waals surface area contributed by atoms with Gasteiger partial charge in [-0.05, 0) is 24.6 Å².